The second-order valence-corrected chi connectivity index (χ2v) is 7.14. The van der Waals surface area contributed by atoms with Crippen molar-refractivity contribution < 1.29 is 22.7 Å². The number of pyridine rings is 1. The van der Waals surface area contributed by atoms with Gasteiger partial charge in [-0.05, 0) is 42.8 Å². The molecule has 0 aliphatic rings. The van der Waals surface area contributed by atoms with Gasteiger partial charge >= 0.3 is 6.18 Å². The van der Waals surface area contributed by atoms with E-state index in [-0.39, 0.29) is 27.2 Å². The van der Waals surface area contributed by atoms with E-state index >= 15 is 0 Å². The van der Waals surface area contributed by atoms with Crippen LogP contribution < -0.4 is 10.1 Å². The van der Waals surface area contributed by atoms with Crippen LogP contribution in [0.1, 0.15) is 21.5 Å². The third-order valence-electron chi connectivity index (χ3n) is 4.10. The first kappa shape index (κ1) is 22.4. The lowest BCUT2D eigenvalue weighted by Gasteiger charge is -2.13. The lowest BCUT2D eigenvalue weighted by molar-refractivity contribution is -0.137. The molecule has 0 aliphatic carbocycles. The SMILES string of the molecule is [C-]#[N+]c1ccc(Cl)c(C(=O)Nc2ccc(Oc3ncc(C(F)(F)F)cc3Cl)c(C)c2)c1. The number of aromatic nitrogens is 1. The van der Waals surface area contributed by atoms with Crippen molar-refractivity contribution in [1.82, 2.24) is 4.98 Å². The van der Waals surface area contributed by atoms with Crippen molar-refractivity contribution in [3.8, 4) is 11.6 Å². The number of carbonyl (C=O) groups is 1. The first-order chi connectivity index (χ1) is 14.6. The van der Waals surface area contributed by atoms with Gasteiger partial charge in [0.15, 0.2) is 5.69 Å². The highest BCUT2D eigenvalue weighted by atomic mass is 35.5. The van der Waals surface area contributed by atoms with Gasteiger partial charge in [0, 0.05) is 17.4 Å². The highest BCUT2D eigenvalue weighted by molar-refractivity contribution is 6.34. The fourth-order valence-electron chi connectivity index (χ4n) is 2.56. The summed E-state index contributed by atoms with van der Waals surface area (Å²) in [5, 5.41) is 2.58. The van der Waals surface area contributed by atoms with Gasteiger partial charge in [-0.25, -0.2) is 9.83 Å². The maximum absolute atomic E-state index is 12.7. The maximum Gasteiger partial charge on any atom is 0.417 e. The largest absolute Gasteiger partial charge is 0.437 e. The van der Waals surface area contributed by atoms with Gasteiger partial charge in [0.2, 0.25) is 5.88 Å². The summed E-state index contributed by atoms with van der Waals surface area (Å²) >= 11 is 11.9. The van der Waals surface area contributed by atoms with Crippen LogP contribution in [-0.2, 0) is 6.18 Å². The van der Waals surface area contributed by atoms with Gasteiger partial charge in [-0.2, -0.15) is 13.2 Å². The Morgan fingerprint density at radius 3 is 2.48 bits per heavy atom. The molecule has 3 aromatic rings. The van der Waals surface area contributed by atoms with Gasteiger partial charge < -0.3 is 10.1 Å². The summed E-state index contributed by atoms with van der Waals surface area (Å²) in [6.07, 6.45) is -3.94. The van der Waals surface area contributed by atoms with Crippen molar-refractivity contribution in [3.63, 3.8) is 0 Å². The fourth-order valence-corrected chi connectivity index (χ4v) is 2.96. The van der Waals surface area contributed by atoms with E-state index in [1.807, 2.05) is 0 Å². The van der Waals surface area contributed by atoms with Crippen LogP contribution in [0.2, 0.25) is 10.0 Å². The Morgan fingerprint density at radius 2 is 1.87 bits per heavy atom. The molecule has 0 fully saturated rings. The third-order valence-corrected chi connectivity index (χ3v) is 4.70. The Bertz CT molecular complexity index is 1210. The summed E-state index contributed by atoms with van der Waals surface area (Å²) in [5.41, 5.74) is 0.423. The van der Waals surface area contributed by atoms with Crippen molar-refractivity contribution in [2.75, 3.05) is 5.32 Å². The molecule has 0 bridgehead atoms. The lowest BCUT2D eigenvalue weighted by atomic mass is 10.1. The van der Waals surface area contributed by atoms with Gasteiger partial charge in [-0.15, -0.1) is 0 Å². The number of nitrogens with zero attached hydrogens (tertiary/aromatic N) is 2. The Kier molecular flexibility index (Phi) is 6.39. The molecule has 0 saturated carbocycles. The molecule has 2 aromatic carbocycles. The van der Waals surface area contributed by atoms with E-state index in [2.05, 4.69) is 15.1 Å². The Labute approximate surface area is 185 Å². The molecular formula is C21H12Cl2F3N3O2. The number of anilines is 1. The normalized spacial score (nSPS) is 11.0. The average molecular weight is 466 g/mol. The minimum absolute atomic E-state index is 0.147. The van der Waals surface area contributed by atoms with Crippen molar-refractivity contribution >= 4 is 40.5 Å². The van der Waals surface area contributed by atoms with Crippen LogP contribution in [0.3, 0.4) is 0 Å². The quantitative estimate of drug-likeness (QED) is 0.410. The van der Waals surface area contributed by atoms with Crippen LogP contribution in [0.25, 0.3) is 4.85 Å². The highest BCUT2D eigenvalue weighted by Crippen LogP contribution is 2.35. The topological polar surface area (TPSA) is 55.6 Å². The first-order valence-corrected chi connectivity index (χ1v) is 9.33. The number of halogens is 5. The van der Waals surface area contributed by atoms with Gasteiger partial charge in [0.1, 0.15) is 10.8 Å². The monoisotopic (exact) mass is 465 g/mol. The van der Waals surface area contributed by atoms with E-state index in [0.717, 1.165) is 6.07 Å². The van der Waals surface area contributed by atoms with Crippen molar-refractivity contribution in [2.24, 2.45) is 0 Å². The first-order valence-electron chi connectivity index (χ1n) is 8.58. The lowest BCUT2D eigenvalue weighted by Crippen LogP contribution is -2.12. The number of hydrogen-bond acceptors (Lipinski definition) is 3. The second kappa shape index (κ2) is 8.84. The molecule has 1 N–H and O–H groups in total. The van der Waals surface area contributed by atoms with E-state index in [1.54, 1.807) is 13.0 Å². The van der Waals surface area contributed by atoms with E-state index in [1.165, 1.54) is 30.3 Å². The molecule has 31 heavy (non-hydrogen) atoms. The number of carbonyl (C=O) groups excluding carboxylic acids is 1. The second-order valence-electron chi connectivity index (χ2n) is 6.32. The number of alkyl halides is 3. The van der Waals surface area contributed by atoms with Crippen LogP contribution in [0.5, 0.6) is 11.6 Å². The molecule has 158 valence electrons. The maximum atomic E-state index is 12.7. The molecule has 0 spiro atoms. The van der Waals surface area contributed by atoms with Crippen LogP contribution >= 0.6 is 23.2 Å². The zero-order chi connectivity index (χ0) is 22.8. The number of nitrogens with one attached hydrogen (secondary N) is 1. The minimum Gasteiger partial charge on any atom is -0.437 e. The van der Waals surface area contributed by atoms with Gasteiger partial charge in [0.05, 0.1) is 17.2 Å². The molecule has 0 atom stereocenters. The Hall–Kier alpha value is -3.28. The molecule has 0 aliphatic heterocycles. The highest BCUT2D eigenvalue weighted by Gasteiger charge is 2.31. The summed E-state index contributed by atoms with van der Waals surface area (Å²) < 4.78 is 43.7. The third kappa shape index (κ3) is 5.26. The minimum atomic E-state index is -4.57. The molecule has 3 rings (SSSR count). The summed E-state index contributed by atoms with van der Waals surface area (Å²) in [6, 6.07) is 9.72. The zero-order valence-electron chi connectivity index (χ0n) is 15.7. The molecular weight excluding hydrogens is 454 g/mol. The molecule has 0 saturated heterocycles. The van der Waals surface area contributed by atoms with Crippen molar-refractivity contribution in [1.29, 1.82) is 0 Å². The van der Waals surface area contributed by atoms with Gasteiger partial charge in [-0.1, -0.05) is 35.3 Å². The van der Waals surface area contributed by atoms with E-state index in [9.17, 15) is 18.0 Å². The number of rotatable bonds is 4. The van der Waals surface area contributed by atoms with Crippen LogP contribution in [0.4, 0.5) is 24.5 Å². The summed E-state index contributed by atoms with van der Waals surface area (Å²) in [6.45, 7) is 8.72. The number of benzene rings is 2. The molecule has 10 heteroatoms. The van der Waals surface area contributed by atoms with E-state index in [4.69, 9.17) is 34.5 Å². The molecule has 1 amide bonds. The van der Waals surface area contributed by atoms with Crippen LogP contribution in [-0.4, -0.2) is 10.9 Å². The number of hydrogen-bond donors (Lipinski definition) is 1. The van der Waals surface area contributed by atoms with Gasteiger partial charge in [0.25, 0.3) is 5.91 Å². The molecule has 0 unspecified atom stereocenters. The molecule has 5 nitrogen and oxygen atoms in total. The number of amides is 1. The van der Waals surface area contributed by atoms with Crippen LogP contribution in [0, 0.1) is 13.5 Å². The van der Waals surface area contributed by atoms with Crippen molar-refractivity contribution in [2.45, 2.75) is 13.1 Å². The molecule has 1 heterocycles. The summed E-state index contributed by atoms with van der Waals surface area (Å²) in [5.74, 6) is -0.395. The average Bonchev–Trinajstić information content (AvgIpc) is 2.70. The smallest absolute Gasteiger partial charge is 0.417 e. The standard InChI is InChI=1S/C21H12Cl2F3N3O2/c1-11-7-14(29-19(30)15-9-13(27-2)3-5-16(15)22)4-6-18(11)31-20-17(23)8-12(10-28-20)21(24,25)26/h3-10H,1H3,(H,29,30). The Balaban J connectivity index is 1.78. The zero-order valence-corrected chi connectivity index (χ0v) is 17.2. The molecule has 0 radical (unpaired) electrons. The van der Waals surface area contributed by atoms with Crippen molar-refractivity contribution in [3.05, 3.63) is 86.8 Å². The van der Waals surface area contributed by atoms with E-state index < -0.39 is 17.6 Å². The predicted octanol–water partition coefficient (Wildman–Crippen LogP) is 7.31. The van der Waals surface area contributed by atoms with Crippen LogP contribution in [0.15, 0.2) is 48.7 Å². The van der Waals surface area contributed by atoms with Gasteiger partial charge in [-0.3, -0.25) is 4.79 Å². The summed E-state index contributed by atoms with van der Waals surface area (Å²) in [4.78, 5) is 19.4. The fraction of sp³-hybridized carbons (Fsp3) is 0.0952. The summed E-state index contributed by atoms with van der Waals surface area (Å²) in [7, 11) is 0. The van der Waals surface area contributed by atoms with E-state index in [0.29, 0.717) is 23.2 Å². The number of aryl methyl sites for hydroxylation is 1. The predicted molar refractivity (Wildman–Crippen MR) is 111 cm³/mol. The number of ether oxygens (including phenoxy) is 1. The Morgan fingerprint density at radius 1 is 1.13 bits per heavy atom. The molecule has 1 aromatic heterocycles.